The summed E-state index contributed by atoms with van der Waals surface area (Å²) in [6.07, 6.45) is 1.59. The third-order valence-electron chi connectivity index (χ3n) is 3.27. The lowest BCUT2D eigenvalue weighted by Gasteiger charge is -2.22. The molecule has 3 nitrogen and oxygen atoms in total. The van der Waals surface area contributed by atoms with Crippen molar-refractivity contribution in [1.82, 2.24) is 5.32 Å². The first-order chi connectivity index (χ1) is 8.57. The molecule has 94 valence electrons. The predicted octanol–water partition coefficient (Wildman–Crippen LogP) is 1.46. The highest BCUT2D eigenvalue weighted by Crippen LogP contribution is 2.09. The first-order valence-electron chi connectivity index (χ1n) is 5.93. The van der Waals surface area contributed by atoms with Crippen LogP contribution in [-0.4, -0.2) is 21.0 Å². The average molecular weight is 259 g/mol. The molecule has 18 heavy (non-hydrogen) atoms. The number of hydrogen-bond donors (Lipinski definition) is 1. The molecular formula is C14H17NO2Si. The molecule has 1 N–H and O–H groups in total. The lowest BCUT2D eigenvalue weighted by Crippen LogP contribution is -2.54. The SMILES string of the molecule is CNC(=O)c1occc1[Si](C)(C)c1ccccc1. The summed E-state index contributed by atoms with van der Waals surface area (Å²) in [5, 5.41) is 4.94. The van der Waals surface area contributed by atoms with Gasteiger partial charge in [-0.15, -0.1) is 0 Å². The van der Waals surface area contributed by atoms with E-state index in [0.29, 0.717) is 5.76 Å². The van der Waals surface area contributed by atoms with Crippen LogP contribution < -0.4 is 15.7 Å². The highest BCUT2D eigenvalue weighted by Gasteiger charge is 2.32. The fourth-order valence-electron chi connectivity index (χ4n) is 2.10. The smallest absolute Gasteiger partial charge is 0.286 e. The lowest BCUT2D eigenvalue weighted by molar-refractivity contribution is 0.0937. The van der Waals surface area contributed by atoms with Crippen LogP contribution in [0.25, 0.3) is 0 Å². The maximum absolute atomic E-state index is 11.8. The molecular weight excluding hydrogens is 242 g/mol. The molecule has 0 saturated heterocycles. The van der Waals surface area contributed by atoms with Crippen LogP contribution in [0.5, 0.6) is 0 Å². The third kappa shape index (κ3) is 2.11. The Balaban J connectivity index is 2.48. The zero-order chi connectivity index (χ0) is 13.2. The summed E-state index contributed by atoms with van der Waals surface area (Å²) in [5.41, 5.74) is 0. The summed E-state index contributed by atoms with van der Waals surface area (Å²) in [6, 6.07) is 12.2. The van der Waals surface area contributed by atoms with E-state index in [1.54, 1.807) is 13.3 Å². The molecule has 0 radical (unpaired) electrons. The standard InChI is InChI=1S/C14H17NO2Si/c1-15-14(16)13-12(9-10-17-13)18(2,3)11-7-5-4-6-8-11/h4-10H,1-3H3,(H,15,16). The number of hydrogen-bond acceptors (Lipinski definition) is 2. The summed E-state index contributed by atoms with van der Waals surface area (Å²) >= 11 is 0. The van der Waals surface area contributed by atoms with E-state index in [0.717, 1.165) is 5.19 Å². The molecule has 2 aromatic rings. The highest BCUT2D eigenvalue weighted by atomic mass is 28.3. The number of amides is 1. The number of rotatable bonds is 3. The molecule has 0 aliphatic rings. The maximum atomic E-state index is 11.8. The van der Waals surface area contributed by atoms with Gasteiger partial charge in [-0.3, -0.25) is 4.79 Å². The van der Waals surface area contributed by atoms with Crippen molar-refractivity contribution in [1.29, 1.82) is 0 Å². The van der Waals surface area contributed by atoms with Crippen LogP contribution in [0.3, 0.4) is 0 Å². The zero-order valence-corrected chi connectivity index (χ0v) is 11.9. The summed E-state index contributed by atoms with van der Waals surface area (Å²) in [4.78, 5) is 11.8. The van der Waals surface area contributed by atoms with Gasteiger partial charge in [-0.2, -0.15) is 0 Å². The molecule has 0 atom stereocenters. The average Bonchev–Trinajstić information content (AvgIpc) is 2.89. The van der Waals surface area contributed by atoms with Gasteiger partial charge in [0.05, 0.1) is 6.26 Å². The second-order valence-electron chi connectivity index (χ2n) is 4.73. The quantitative estimate of drug-likeness (QED) is 0.848. The van der Waals surface area contributed by atoms with Crippen LogP contribution in [0.15, 0.2) is 47.1 Å². The Morgan fingerprint density at radius 1 is 1.17 bits per heavy atom. The van der Waals surface area contributed by atoms with Crippen LogP contribution in [-0.2, 0) is 0 Å². The molecule has 0 fully saturated rings. The molecule has 1 amide bonds. The van der Waals surface area contributed by atoms with Gasteiger partial charge >= 0.3 is 0 Å². The number of carbonyl (C=O) groups excluding carboxylic acids is 1. The van der Waals surface area contributed by atoms with E-state index < -0.39 is 8.07 Å². The van der Waals surface area contributed by atoms with Crippen molar-refractivity contribution in [3.8, 4) is 0 Å². The Kier molecular flexibility index (Phi) is 3.38. The molecule has 0 unspecified atom stereocenters. The van der Waals surface area contributed by atoms with E-state index in [2.05, 4.69) is 30.5 Å². The Labute approximate surface area is 108 Å². The van der Waals surface area contributed by atoms with Gasteiger partial charge in [0.15, 0.2) is 5.76 Å². The minimum atomic E-state index is -1.88. The summed E-state index contributed by atoms with van der Waals surface area (Å²) in [5.74, 6) is 0.282. The number of furan rings is 1. The Hall–Kier alpha value is -1.81. The minimum Gasteiger partial charge on any atom is -0.459 e. The molecule has 1 heterocycles. The van der Waals surface area contributed by atoms with Gasteiger partial charge in [-0.05, 0) is 11.3 Å². The van der Waals surface area contributed by atoms with Crippen molar-refractivity contribution in [2.75, 3.05) is 7.05 Å². The first-order valence-corrected chi connectivity index (χ1v) is 8.93. The van der Waals surface area contributed by atoms with Crippen LogP contribution >= 0.6 is 0 Å². The van der Waals surface area contributed by atoms with Crippen LogP contribution in [0.2, 0.25) is 13.1 Å². The number of carbonyl (C=O) groups is 1. The summed E-state index contributed by atoms with van der Waals surface area (Å²) < 4.78 is 5.35. The van der Waals surface area contributed by atoms with Gasteiger partial charge in [0, 0.05) is 7.05 Å². The van der Waals surface area contributed by atoms with Gasteiger partial charge < -0.3 is 9.73 Å². The van der Waals surface area contributed by atoms with Gasteiger partial charge in [-0.1, -0.05) is 48.6 Å². The Morgan fingerprint density at radius 3 is 2.44 bits per heavy atom. The molecule has 2 rings (SSSR count). The number of benzene rings is 1. The highest BCUT2D eigenvalue weighted by molar-refractivity contribution is 7.00. The normalized spacial score (nSPS) is 11.3. The second kappa shape index (κ2) is 4.82. The van der Waals surface area contributed by atoms with Crippen LogP contribution in [0.4, 0.5) is 0 Å². The van der Waals surface area contributed by atoms with Gasteiger partial charge in [0.2, 0.25) is 0 Å². The second-order valence-corrected chi connectivity index (χ2v) is 9.10. The van der Waals surface area contributed by atoms with Crippen LogP contribution in [0.1, 0.15) is 10.6 Å². The van der Waals surface area contributed by atoms with E-state index in [1.807, 2.05) is 24.3 Å². The van der Waals surface area contributed by atoms with E-state index in [-0.39, 0.29) is 5.91 Å². The summed E-state index contributed by atoms with van der Waals surface area (Å²) in [6.45, 7) is 4.44. The van der Waals surface area contributed by atoms with Crippen molar-refractivity contribution in [3.63, 3.8) is 0 Å². The fourth-order valence-corrected chi connectivity index (χ4v) is 4.66. The van der Waals surface area contributed by atoms with Crippen molar-refractivity contribution < 1.29 is 9.21 Å². The van der Waals surface area contributed by atoms with E-state index in [1.165, 1.54) is 5.19 Å². The zero-order valence-electron chi connectivity index (χ0n) is 10.9. The Morgan fingerprint density at radius 2 is 1.83 bits per heavy atom. The van der Waals surface area contributed by atoms with Crippen LogP contribution in [0, 0.1) is 0 Å². The van der Waals surface area contributed by atoms with Gasteiger partial charge in [-0.25, -0.2) is 0 Å². The molecule has 0 aliphatic carbocycles. The van der Waals surface area contributed by atoms with E-state index >= 15 is 0 Å². The minimum absolute atomic E-state index is 0.161. The first kappa shape index (κ1) is 12.6. The van der Waals surface area contributed by atoms with Gasteiger partial charge in [0.25, 0.3) is 5.91 Å². The molecule has 0 bridgehead atoms. The maximum Gasteiger partial charge on any atom is 0.286 e. The largest absolute Gasteiger partial charge is 0.459 e. The van der Waals surface area contributed by atoms with Crippen molar-refractivity contribution in [2.24, 2.45) is 0 Å². The molecule has 0 saturated carbocycles. The molecule has 1 aromatic heterocycles. The predicted molar refractivity (Wildman–Crippen MR) is 75.3 cm³/mol. The topological polar surface area (TPSA) is 42.2 Å². The number of nitrogens with one attached hydrogen (secondary N) is 1. The van der Waals surface area contributed by atoms with E-state index in [9.17, 15) is 4.79 Å². The van der Waals surface area contributed by atoms with Crippen molar-refractivity contribution in [3.05, 3.63) is 48.4 Å². The molecule has 0 aliphatic heterocycles. The Bertz CT molecular complexity index is 546. The monoisotopic (exact) mass is 259 g/mol. The van der Waals surface area contributed by atoms with Crippen molar-refractivity contribution >= 4 is 24.4 Å². The van der Waals surface area contributed by atoms with Crippen molar-refractivity contribution in [2.45, 2.75) is 13.1 Å². The van der Waals surface area contributed by atoms with Gasteiger partial charge in [0.1, 0.15) is 8.07 Å². The fraction of sp³-hybridized carbons (Fsp3) is 0.214. The molecule has 1 aromatic carbocycles. The third-order valence-corrected chi connectivity index (χ3v) is 6.78. The summed E-state index contributed by atoms with van der Waals surface area (Å²) in [7, 11) is -0.265. The molecule has 4 heteroatoms. The lowest BCUT2D eigenvalue weighted by atomic mass is 10.4. The molecule has 0 spiro atoms. The van der Waals surface area contributed by atoms with E-state index in [4.69, 9.17) is 4.42 Å².